The van der Waals surface area contributed by atoms with Crippen LogP contribution in [-0.2, 0) is 0 Å². The Morgan fingerprint density at radius 3 is 2.63 bits per heavy atom. The van der Waals surface area contributed by atoms with E-state index in [0.29, 0.717) is 18.8 Å². The average Bonchev–Trinajstić information content (AvgIpc) is 2.33. The third-order valence-corrected chi connectivity index (χ3v) is 2.39. The van der Waals surface area contributed by atoms with Gasteiger partial charge in [-0.15, -0.1) is 0 Å². The van der Waals surface area contributed by atoms with Gasteiger partial charge in [0.25, 0.3) is 0 Å². The zero-order valence-electron chi connectivity index (χ0n) is 11.2. The molecule has 0 fully saturated rings. The number of aryl methyl sites for hydroxylation is 1. The second-order valence-electron chi connectivity index (χ2n) is 4.23. The van der Waals surface area contributed by atoms with E-state index in [9.17, 15) is 9.59 Å². The Balaban J connectivity index is 2.55. The van der Waals surface area contributed by atoms with Gasteiger partial charge in [0.1, 0.15) is 5.56 Å². The maximum absolute atomic E-state index is 11.3. The topological polar surface area (TPSA) is 94.6 Å². The SMILES string of the molecule is Cc1cc(NCCNC(=O)N(C)C)c(C(=O)O)cn1. The average molecular weight is 266 g/mol. The molecule has 1 aromatic heterocycles. The van der Waals surface area contributed by atoms with E-state index in [1.54, 1.807) is 27.1 Å². The number of pyridine rings is 1. The Morgan fingerprint density at radius 2 is 2.05 bits per heavy atom. The normalized spacial score (nSPS) is 9.84. The molecular formula is C12H18N4O3. The molecule has 0 spiro atoms. The number of hydrogen-bond donors (Lipinski definition) is 3. The molecule has 0 unspecified atom stereocenters. The summed E-state index contributed by atoms with van der Waals surface area (Å²) in [6, 6.07) is 1.48. The lowest BCUT2D eigenvalue weighted by molar-refractivity contribution is 0.0697. The van der Waals surface area contributed by atoms with Crippen LogP contribution in [0.25, 0.3) is 0 Å². The smallest absolute Gasteiger partial charge is 0.339 e. The fourth-order valence-electron chi connectivity index (χ4n) is 1.40. The Bertz CT molecular complexity index is 474. The number of aromatic nitrogens is 1. The van der Waals surface area contributed by atoms with Gasteiger partial charge in [0.2, 0.25) is 0 Å². The van der Waals surface area contributed by atoms with E-state index in [1.807, 2.05) is 0 Å². The maximum atomic E-state index is 11.3. The highest BCUT2D eigenvalue weighted by atomic mass is 16.4. The van der Waals surface area contributed by atoms with Crippen LogP contribution < -0.4 is 10.6 Å². The van der Waals surface area contributed by atoms with E-state index < -0.39 is 5.97 Å². The van der Waals surface area contributed by atoms with E-state index in [4.69, 9.17) is 5.11 Å². The fraction of sp³-hybridized carbons (Fsp3) is 0.417. The summed E-state index contributed by atoms with van der Waals surface area (Å²) in [6.45, 7) is 2.62. The Kier molecular flexibility index (Phi) is 5.11. The van der Waals surface area contributed by atoms with Gasteiger partial charge in [0.05, 0.1) is 5.69 Å². The number of hydrogen-bond acceptors (Lipinski definition) is 4. The van der Waals surface area contributed by atoms with Crippen LogP contribution in [0.2, 0.25) is 0 Å². The molecule has 19 heavy (non-hydrogen) atoms. The monoisotopic (exact) mass is 266 g/mol. The first-order chi connectivity index (χ1) is 8.91. The molecule has 1 rings (SSSR count). The molecule has 0 atom stereocenters. The first kappa shape index (κ1) is 14.7. The molecule has 0 aliphatic heterocycles. The van der Waals surface area contributed by atoms with Gasteiger partial charge < -0.3 is 20.6 Å². The first-order valence-electron chi connectivity index (χ1n) is 5.80. The van der Waals surface area contributed by atoms with Crippen LogP contribution in [0.1, 0.15) is 16.1 Å². The third kappa shape index (κ3) is 4.46. The number of carbonyl (C=O) groups is 2. The number of nitrogens with one attached hydrogen (secondary N) is 2. The van der Waals surface area contributed by atoms with Gasteiger partial charge in [-0.05, 0) is 13.0 Å². The molecule has 7 nitrogen and oxygen atoms in total. The van der Waals surface area contributed by atoms with Crippen LogP contribution in [-0.4, -0.2) is 54.2 Å². The molecule has 2 amide bonds. The number of carboxylic acid groups (broad SMARTS) is 1. The number of amides is 2. The van der Waals surface area contributed by atoms with Crippen LogP contribution in [0.5, 0.6) is 0 Å². The molecule has 0 bridgehead atoms. The lowest BCUT2D eigenvalue weighted by Crippen LogP contribution is -2.37. The zero-order valence-corrected chi connectivity index (χ0v) is 11.2. The molecule has 3 N–H and O–H groups in total. The number of carbonyl (C=O) groups excluding carboxylic acids is 1. The number of urea groups is 1. The van der Waals surface area contributed by atoms with Crippen molar-refractivity contribution in [3.63, 3.8) is 0 Å². The van der Waals surface area contributed by atoms with Crippen LogP contribution in [0.3, 0.4) is 0 Å². The summed E-state index contributed by atoms with van der Waals surface area (Å²) in [5, 5.41) is 14.7. The van der Waals surface area contributed by atoms with E-state index in [-0.39, 0.29) is 11.6 Å². The molecule has 1 aromatic rings. The van der Waals surface area contributed by atoms with E-state index in [1.165, 1.54) is 11.1 Å². The predicted octanol–water partition coefficient (Wildman–Crippen LogP) is 0.771. The number of anilines is 1. The largest absolute Gasteiger partial charge is 0.478 e. The summed E-state index contributed by atoms with van der Waals surface area (Å²) in [7, 11) is 3.30. The van der Waals surface area contributed by atoms with Crippen molar-refractivity contribution in [3.05, 3.63) is 23.5 Å². The highest BCUT2D eigenvalue weighted by Gasteiger charge is 2.10. The van der Waals surface area contributed by atoms with Crippen LogP contribution in [0.4, 0.5) is 10.5 Å². The van der Waals surface area contributed by atoms with Crippen molar-refractivity contribution in [2.45, 2.75) is 6.92 Å². The van der Waals surface area contributed by atoms with Crippen LogP contribution in [0.15, 0.2) is 12.3 Å². The van der Waals surface area contributed by atoms with Crippen LogP contribution >= 0.6 is 0 Å². The van der Waals surface area contributed by atoms with Gasteiger partial charge in [-0.1, -0.05) is 0 Å². The van der Waals surface area contributed by atoms with E-state index in [2.05, 4.69) is 15.6 Å². The second-order valence-corrected chi connectivity index (χ2v) is 4.23. The van der Waals surface area contributed by atoms with Crippen LogP contribution in [0, 0.1) is 6.92 Å². The second kappa shape index (κ2) is 6.58. The lowest BCUT2D eigenvalue weighted by Gasteiger charge is -2.13. The number of aromatic carboxylic acids is 1. The quantitative estimate of drug-likeness (QED) is 0.684. The molecule has 1 heterocycles. The van der Waals surface area contributed by atoms with E-state index >= 15 is 0 Å². The van der Waals surface area contributed by atoms with Gasteiger partial charge in [0, 0.05) is 39.1 Å². The molecule has 0 saturated heterocycles. The zero-order chi connectivity index (χ0) is 14.4. The highest BCUT2D eigenvalue weighted by molar-refractivity contribution is 5.93. The number of rotatable bonds is 5. The van der Waals surface area contributed by atoms with Crippen molar-refractivity contribution in [1.29, 1.82) is 0 Å². The summed E-state index contributed by atoms with van der Waals surface area (Å²) < 4.78 is 0. The molecule has 7 heteroatoms. The van der Waals surface area contributed by atoms with Crippen molar-refractivity contribution in [1.82, 2.24) is 15.2 Å². The molecule has 0 aliphatic rings. The summed E-state index contributed by atoms with van der Waals surface area (Å²) in [4.78, 5) is 27.6. The summed E-state index contributed by atoms with van der Waals surface area (Å²) >= 11 is 0. The van der Waals surface area contributed by atoms with Gasteiger partial charge >= 0.3 is 12.0 Å². The summed E-state index contributed by atoms with van der Waals surface area (Å²) in [6.07, 6.45) is 1.32. The summed E-state index contributed by atoms with van der Waals surface area (Å²) in [5.74, 6) is -1.03. The predicted molar refractivity (Wildman–Crippen MR) is 71.5 cm³/mol. The minimum Gasteiger partial charge on any atom is -0.478 e. The van der Waals surface area contributed by atoms with Crippen molar-refractivity contribution in [2.24, 2.45) is 0 Å². The van der Waals surface area contributed by atoms with E-state index in [0.717, 1.165) is 5.69 Å². The molecule has 0 saturated carbocycles. The molecule has 104 valence electrons. The minimum absolute atomic E-state index is 0.115. The van der Waals surface area contributed by atoms with Crippen molar-refractivity contribution >= 4 is 17.7 Å². The minimum atomic E-state index is -1.03. The number of carboxylic acids is 1. The first-order valence-corrected chi connectivity index (χ1v) is 5.80. The van der Waals surface area contributed by atoms with Gasteiger partial charge in [-0.3, -0.25) is 4.98 Å². The maximum Gasteiger partial charge on any atom is 0.339 e. The molecule has 0 aromatic carbocycles. The fourth-order valence-corrected chi connectivity index (χ4v) is 1.40. The highest BCUT2D eigenvalue weighted by Crippen LogP contribution is 2.15. The lowest BCUT2D eigenvalue weighted by atomic mass is 10.2. The van der Waals surface area contributed by atoms with Gasteiger partial charge in [-0.2, -0.15) is 0 Å². The Hall–Kier alpha value is -2.31. The van der Waals surface area contributed by atoms with Crippen molar-refractivity contribution in [2.75, 3.05) is 32.5 Å². The third-order valence-electron chi connectivity index (χ3n) is 2.39. The molecule has 0 radical (unpaired) electrons. The molecule has 0 aliphatic carbocycles. The summed E-state index contributed by atoms with van der Waals surface area (Å²) in [5.41, 5.74) is 1.34. The van der Waals surface area contributed by atoms with Crippen molar-refractivity contribution in [3.8, 4) is 0 Å². The Morgan fingerprint density at radius 1 is 1.37 bits per heavy atom. The van der Waals surface area contributed by atoms with Gasteiger partial charge in [-0.25, -0.2) is 9.59 Å². The van der Waals surface area contributed by atoms with Gasteiger partial charge in [0.15, 0.2) is 0 Å². The Labute approximate surface area is 111 Å². The number of nitrogens with zero attached hydrogens (tertiary/aromatic N) is 2. The standard InChI is InChI=1S/C12H18N4O3/c1-8-6-10(9(7-15-8)11(17)18)13-4-5-14-12(19)16(2)3/h6-7H,4-5H2,1-3H3,(H,13,15)(H,14,19)(H,17,18). The molecular weight excluding hydrogens is 248 g/mol. The van der Waals surface area contributed by atoms with Crippen molar-refractivity contribution < 1.29 is 14.7 Å².